The highest BCUT2D eigenvalue weighted by atomic mass is 16.7. The molecule has 0 heterocycles. The van der Waals surface area contributed by atoms with E-state index in [1.54, 1.807) is 0 Å². The zero-order chi connectivity index (χ0) is 17.2. The molecule has 0 fully saturated rings. The summed E-state index contributed by atoms with van der Waals surface area (Å²) in [6, 6.07) is 0. The molecule has 2 unspecified atom stereocenters. The molecular weight excluding hydrogens is 280 g/mol. The Morgan fingerprint density at radius 2 is 1.64 bits per heavy atom. The van der Waals surface area contributed by atoms with Crippen LogP contribution in [-0.2, 0) is 14.3 Å². The predicted octanol–water partition coefficient (Wildman–Crippen LogP) is 2.68. The van der Waals surface area contributed by atoms with E-state index in [0.717, 1.165) is 6.42 Å². The minimum atomic E-state index is -0.827. The monoisotopic (exact) mass is 316 g/mol. The second kappa shape index (κ2) is 11.0. The van der Waals surface area contributed by atoms with Crippen LogP contribution < -0.4 is 11.1 Å². The normalized spacial score (nSPS) is 15.9. The summed E-state index contributed by atoms with van der Waals surface area (Å²) >= 11 is 0. The Morgan fingerprint density at radius 3 is 2.05 bits per heavy atom. The van der Waals surface area contributed by atoms with Gasteiger partial charge in [0.2, 0.25) is 5.91 Å². The lowest BCUT2D eigenvalue weighted by atomic mass is 9.81. The van der Waals surface area contributed by atoms with E-state index in [1.165, 1.54) is 0 Å². The van der Waals surface area contributed by atoms with Gasteiger partial charge in [-0.05, 0) is 38.5 Å². The van der Waals surface area contributed by atoms with Crippen LogP contribution in [0.3, 0.4) is 0 Å². The van der Waals surface area contributed by atoms with Gasteiger partial charge in [0.25, 0.3) is 0 Å². The zero-order valence-electron chi connectivity index (χ0n) is 15.3. The molecule has 0 aromatic carbocycles. The van der Waals surface area contributed by atoms with Crippen molar-refractivity contribution in [3.63, 3.8) is 0 Å². The van der Waals surface area contributed by atoms with E-state index >= 15 is 0 Å². The number of nitrogens with one attached hydrogen (secondary N) is 1. The number of amides is 1. The standard InChI is InChI=1S/C17H36N2O3/c1-7-14(6)11-17(18,10-13(4)5)16(20)19-12-15(21-8-2)22-9-3/h13-15H,7-12,18H2,1-6H3,(H,19,20). The molecular formula is C17H36N2O3. The van der Waals surface area contributed by atoms with Crippen molar-refractivity contribution >= 4 is 5.91 Å². The van der Waals surface area contributed by atoms with Crippen molar-refractivity contribution < 1.29 is 14.3 Å². The van der Waals surface area contributed by atoms with Gasteiger partial charge in [-0.3, -0.25) is 4.79 Å². The maximum Gasteiger partial charge on any atom is 0.240 e. The molecule has 0 bridgehead atoms. The van der Waals surface area contributed by atoms with Gasteiger partial charge in [0, 0.05) is 13.2 Å². The average molecular weight is 316 g/mol. The SMILES string of the molecule is CCOC(CNC(=O)C(N)(CC(C)C)CC(C)CC)OCC. The van der Waals surface area contributed by atoms with Crippen LogP contribution in [0.5, 0.6) is 0 Å². The molecule has 2 atom stereocenters. The van der Waals surface area contributed by atoms with Gasteiger partial charge in [0.15, 0.2) is 6.29 Å². The van der Waals surface area contributed by atoms with Gasteiger partial charge in [-0.15, -0.1) is 0 Å². The summed E-state index contributed by atoms with van der Waals surface area (Å²) in [6.45, 7) is 13.7. The summed E-state index contributed by atoms with van der Waals surface area (Å²) in [5.74, 6) is 0.685. The Balaban J connectivity index is 4.73. The number of ether oxygens (including phenoxy) is 2. The average Bonchev–Trinajstić information content (AvgIpc) is 2.43. The number of hydrogen-bond donors (Lipinski definition) is 2. The maximum absolute atomic E-state index is 12.6. The molecule has 3 N–H and O–H groups in total. The first kappa shape index (κ1) is 21.4. The number of carbonyl (C=O) groups excluding carboxylic acids is 1. The quantitative estimate of drug-likeness (QED) is 0.543. The van der Waals surface area contributed by atoms with Crippen molar-refractivity contribution in [2.75, 3.05) is 19.8 Å². The number of carbonyl (C=O) groups is 1. The van der Waals surface area contributed by atoms with Crippen molar-refractivity contribution in [2.24, 2.45) is 17.6 Å². The fourth-order valence-electron chi connectivity index (χ4n) is 2.65. The molecule has 5 heteroatoms. The molecule has 0 saturated carbocycles. The van der Waals surface area contributed by atoms with Crippen LogP contribution in [0.4, 0.5) is 0 Å². The van der Waals surface area contributed by atoms with E-state index in [2.05, 4.69) is 33.0 Å². The van der Waals surface area contributed by atoms with Gasteiger partial charge in [-0.1, -0.05) is 34.1 Å². The van der Waals surface area contributed by atoms with E-state index in [-0.39, 0.29) is 5.91 Å². The summed E-state index contributed by atoms with van der Waals surface area (Å²) in [5, 5.41) is 2.91. The van der Waals surface area contributed by atoms with Crippen LogP contribution in [0, 0.1) is 11.8 Å². The fraction of sp³-hybridized carbons (Fsp3) is 0.941. The van der Waals surface area contributed by atoms with Crippen LogP contribution in [0.1, 0.15) is 60.8 Å². The van der Waals surface area contributed by atoms with Crippen LogP contribution >= 0.6 is 0 Å². The molecule has 0 aromatic heterocycles. The smallest absolute Gasteiger partial charge is 0.240 e. The molecule has 0 aliphatic carbocycles. The second-order valence-electron chi connectivity index (χ2n) is 6.52. The molecule has 1 amide bonds. The van der Waals surface area contributed by atoms with E-state index in [4.69, 9.17) is 15.2 Å². The van der Waals surface area contributed by atoms with Crippen molar-refractivity contribution in [3.8, 4) is 0 Å². The van der Waals surface area contributed by atoms with Crippen molar-refractivity contribution in [2.45, 2.75) is 72.6 Å². The fourth-order valence-corrected chi connectivity index (χ4v) is 2.65. The van der Waals surface area contributed by atoms with Crippen LogP contribution in [0.25, 0.3) is 0 Å². The van der Waals surface area contributed by atoms with E-state index < -0.39 is 11.8 Å². The maximum atomic E-state index is 12.6. The Kier molecular flexibility index (Phi) is 10.6. The lowest BCUT2D eigenvalue weighted by Gasteiger charge is -2.32. The molecule has 0 spiro atoms. The largest absolute Gasteiger partial charge is 0.351 e. The Hall–Kier alpha value is -0.650. The number of rotatable bonds is 12. The molecule has 0 aliphatic heterocycles. The third kappa shape index (κ3) is 8.11. The highest BCUT2D eigenvalue weighted by Gasteiger charge is 2.36. The Morgan fingerprint density at radius 1 is 1.09 bits per heavy atom. The molecule has 132 valence electrons. The van der Waals surface area contributed by atoms with E-state index in [1.807, 2.05) is 13.8 Å². The lowest BCUT2D eigenvalue weighted by Crippen LogP contribution is -2.56. The lowest BCUT2D eigenvalue weighted by molar-refractivity contribution is -0.143. The van der Waals surface area contributed by atoms with E-state index in [9.17, 15) is 4.79 Å². The Bertz CT molecular complexity index is 304. The van der Waals surface area contributed by atoms with Gasteiger partial charge in [-0.25, -0.2) is 0 Å². The van der Waals surface area contributed by atoms with Gasteiger partial charge in [-0.2, -0.15) is 0 Å². The summed E-state index contributed by atoms with van der Waals surface area (Å²) < 4.78 is 10.9. The minimum absolute atomic E-state index is 0.106. The van der Waals surface area contributed by atoms with E-state index in [0.29, 0.717) is 44.4 Å². The molecule has 0 radical (unpaired) electrons. The second-order valence-corrected chi connectivity index (χ2v) is 6.52. The Labute approximate surface area is 136 Å². The molecule has 0 rings (SSSR count). The summed E-state index contributed by atoms with van der Waals surface area (Å²) in [4.78, 5) is 12.6. The minimum Gasteiger partial charge on any atom is -0.351 e. The van der Waals surface area contributed by atoms with Crippen LogP contribution in [-0.4, -0.2) is 37.5 Å². The highest BCUT2D eigenvalue weighted by molar-refractivity contribution is 5.86. The molecule has 0 saturated heterocycles. The summed E-state index contributed by atoms with van der Waals surface area (Å²) in [5.41, 5.74) is 5.63. The molecule has 5 nitrogen and oxygen atoms in total. The zero-order valence-corrected chi connectivity index (χ0v) is 15.3. The molecule has 0 aromatic rings. The number of nitrogens with two attached hydrogens (primary N) is 1. The van der Waals surface area contributed by atoms with Gasteiger partial charge >= 0.3 is 0 Å². The predicted molar refractivity (Wildman–Crippen MR) is 90.5 cm³/mol. The highest BCUT2D eigenvalue weighted by Crippen LogP contribution is 2.24. The van der Waals surface area contributed by atoms with Crippen molar-refractivity contribution in [1.82, 2.24) is 5.32 Å². The molecule has 22 heavy (non-hydrogen) atoms. The number of hydrogen-bond acceptors (Lipinski definition) is 4. The van der Waals surface area contributed by atoms with Gasteiger partial charge in [0.1, 0.15) is 0 Å². The van der Waals surface area contributed by atoms with Gasteiger partial charge < -0.3 is 20.5 Å². The first-order valence-corrected chi connectivity index (χ1v) is 8.59. The van der Waals surface area contributed by atoms with Crippen LogP contribution in [0.15, 0.2) is 0 Å². The first-order chi connectivity index (χ1) is 10.3. The van der Waals surface area contributed by atoms with Crippen molar-refractivity contribution in [1.29, 1.82) is 0 Å². The first-order valence-electron chi connectivity index (χ1n) is 8.59. The van der Waals surface area contributed by atoms with Gasteiger partial charge in [0.05, 0.1) is 12.1 Å². The van der Waals surface area contributed by atoms with Crippen LogP contribution in [0.2, 0.25) is 0 Å². The topological polar surface area (TPSA) is 73.6 Å². The third-order valence-corrected chi connectivity index (χ3v) is 3.77. The van der Waals surface area contributed by atoms with Crippen molar-refractivity contribution in [3.05, 3.63) is 0 Å². The summed E-state index contributed by atoms with van der Waals surface area (Å²) in [7, 11) is 0. The summed E-state index contributed by atoms with van der Waals surface area (Å²) in [6.07, 6.45) is 1.98. The molecule has 0 aliphatic rings. The third-order valence-electron chi connectivity index (χ3n) is 3.77.